The molecule has 1 aliphatic rings. The second-order valence-corrected chi connectivity index (χ2v) is 4.52. The van der Waals surface area contributed by atoms with Crippen molar-refractivity contribution in [3.8, 4) is 0 Å². The molecule has 1 aliphatic heterocycles. The lowest BCUT2D eigenvalue weighted by Crippen LogP contribution is -2.49. The van der Waals surface area contributed by atoms with Gasteiger partial charge in [-0.15, -0.1) is 0 Å². The molecule has 0 aliphatic carbocycles. The first-order valence-corrected chi connectivity index (χ1v) is 6.32. The molecule has 0 N–H and O–H groups in total. The summed E-state index contributed by atoms with van der Waals surface area (Å²) in [5.74, 6) is -0.451. The summed E-state index contributed by atoms with van der Waals surface area (Å²) < 4.78 is 18.1. The summed E-state index contributed by atoms with van der Waals surface area (Å²) >= 11 is 0. The number of carbonyl (C=O) groups excluding carboxylic acids is 1. The summed E-state index contributed by atoms with van der Waals surface area (Å²) in [6.07, 6.45) is 1.30. The van der Waals surface area contributed by atoms with E-state index in [4.69, 9.17) is 0 Å². The van der Waals surface area contributed by atoms with Crippen LogP contribution in [0.2, 0.25) is 0 Å². The molecule has 0 atom stereocenters. The first kappa shape index (κ1) is 12.6. The zero-order valence-electron chi connectivity index (χ0n) is 10.7. The largest absolute Gasteiger partial charge is 0.366 e. The third kappa shape index (κ3) is 2.34. The van der Waals surface area contributed by atoms with Gasteiger partial charge >= 0.3 is 0 Å². The topological polar surface area (TPSA) is 62.5 Å². The zero-order valence-corrected chi connectivity index (χ0v) is 10.7. The zero-order chi connectivity index (χ0) is 13.9. The van der Waals surface area contributed by atoms with Gasteiger partial charge in [0.15, 0.2) is 5.69 Å². The summed E-state index contributed by atoms with van der Waals surface area (Å²) in [4.78, 5) is 15.6. The van der Waals surface area contributed by atoms with E-state index in [0.717, 1.165) is 0 Å². The van der Waals surface area contributed by atoms with E-state index < -0.39 is 0 Å². The van der Waals surface area contributed by atoms with Gasteiger partial charge in [-0.2, -0.15) is 0 Å². The monoisotopic (exact) mass is 276 g/mol. The average Bonchev–Trinajstić information content (AvgIpc) is 3.01. The Bertz CT molecular complexity index is 594. The number of hydrogen-bond donors (Lipinski definition) is 0. The summed E-state index contributed by atoms with van der Waals surface area (Å²) in [5.41, 5.74) is 0.770. The molecule has 104 valence electrons. The fraction of sp³-hybridized carbons (Fsp3) is 0.308. The fourth-order valence-corrected chi connectivity index (χ4v) is 2.28. The van der Waals surface area contributed by atoms with Crippen LogP contribution in [0.15, 0.2) is 35.1 Å². The minimum absolute atomic E-state index is 0.198. The van der Waals surface area contributed by atoms with Gasteiger partial charge in [0.25, 0.3) is 5.91 Å². The number of para-hydroxylation sites is 1. The molecule has 1 aromatic carbocycles. The lowest BCUT2D eigenvalue weighted by atomic mass is 10.2. The Hall–Kier alpha value is -2.44. The van der Waals surface area contributed by atoms with E-state index in [1.165, 1.54) is 12.3 Å². The maximum atomic E-state index is 13.7. The molecule has 1 amide bonds. The van der Waals surface area contributed by atoms with Gasteiger partial charge < -0.3 is 9.80 Å². The molecule has 0 spiro atoms. The molecule has 0 unspecified atom stereocenters. The lowest BCUT2D eigenvalue weighted by molar-refractivity contribution is 0.0735. The molecule has 1 fully saturated rings. The fourth-order valence-electron chi connectivity index (χ4n) is 2.28. The Balaban J connectivity index is 1.65. The summed E-state index contributed by atoms with van der Waals surface area (Å²) in [5, 5.41) is 6.95. The number of benzene rings is 1. The van der Waals surface area contributed by atoms with E-state index in [1.54, 1.807) is 23.1 Å². The summed E-state index contributed by atoms with van der Waals surface area (Å²) in [7, 11) is 0. The molecule has 2 aromatic rings. The Morgan fingerprint density at radius 1 is 1.20 bits per heavy atom. The highest BCUT2D eigenvalue weighted by atomic mass is 19.1. The highest BCUT2D eigenvalue weighted by Crippen LogP contribution is 2.20. The number of rotatable bonds is 2. The molecule has 7 heteroatoms. The Kier molecular flexibility index (Phi) is 3.32. The molecule has 6 nitrogen and oxygen atoms in total. The van der Waals surface area contributed by atoms with Gasteiger partial charge in [0, 0.05) is 26.2 Å². The number of anilines is 1. The molecule has 20 heavy (non-hydrogen) atoms. The van der Waals surface area contributed by atoms with E-state index in [0.29, 0.717) is 31.9 Å². The van der Waals surface area contributed by atoms with Crippen LogP contribution in [-0.4, -0.2) is 47.3 Å². The summed E-state index contributed by atoms with van der Waals surface area (Å²) in [6, 6.07) is 6.65. The van der Waals surface area contributed by atoms with Crippen molar-refractivity contribution >= 4 is 11.6 Å². The predicted octanol–water partition coefficient (Wildman–Crippen LogP) is 1.17. The second kappa shape index (κ2) is 5.28. The maximum Gasteiger partial charge on any atom is 0.277 e. The van der Waals surface area contributed by atoms with Crippen molar-refractivity contribution in [3.05, 3.63) is 42.0 Å². The summed E-state index contributed by atoms with van der Waals surface area (Å²) in [6.45, 7) is 2.19. The smallest absolute Gasteiger partial charge is 0.277 e. The van der Waals surface area contributed by atoms with E-state index in [1.807, 2.05) is 4.90 Å². The van der Waals surface area contributed by atoms with Crippen LogP contribution < -0.4 is 4.90 Å². The van der Waals surface area contributed by atoms with Gasteiger partial charge in [0.1, 0.15) is 12.0 Å². The molecule has 3 rings (SSSR count). The first-order valence-electron chi connectivity index (χ1n) is 6.32. The third-order valence-electron chi connectivity index (χ3n) is 3.34. The Morgan fingerprint density at radius 2 is 1.95 bits per heavy atom. The van der Waals surface area contributed by atoms with Gasteiger partial charge in [-0.3, -0.25) is 4.79 Å². The van der Waals surface area contributed by atoms with Gasteiger partial charge in [-0.1, -0.05) is 17.3 Å². The van der Waals surface area contributed by atoms with Gasteiger partial charge in [0.2, 0.25) is 0 Å². The Morgan fingerprint density at radius 3 is 2.60 bits per heavy atom. The number of hydrogen-bond acceptors (Lipinski definition) is 5. The minimum Gasteiger partial charge on any atom is -0.366 e. The molecular weight excluding hydrogens is 263 g/mol. The van der Waals surface area contributed by atoms with Gasteiger partial charge in [-0.05, 0) is 17.3 Å². The van der Waals surface area contributed by atoms with Crippen LogP contribution >= 0.6 is 0 Å². The lowest BCUT2D eigenvalue weighted by Gasteiger charge is -2.35. The predicted molar refractivity (Wildman–Crippen MR) is 68.8 cm³/mol. The highest BCUT2D eigenvalue weighted by molar-refractivity contribution is 5.91. The maximum absolute atomic E-state index is 13.7. The van der Waals surface area contributed by atoms with Crippen molar-refractivity contribution in [2.24, 2.45) is 0 Å². The quantitative estimate of drug-likeness (QED) is 0.824. The second-order valence-electron chi connectivity index (χ2n) is 4.52. The molecule has 1 aromatic heterocycles. The number of amides is 1. The number of nitrogens with zero attached hydrogens (tertiary/aromatic N) is 4. The van der Waals surface area contributed by atoms with Crippen LogP contribution in [0.1, 0.15) is 10.5 Å². The normalized spacial score (nSPS) is 15.4. The number of carbonyl (C=O) groups is 1. The van der Waals surface area contributed by atoms with Crippen LogP contribution in [0, 0.1) is 5.82 Å². The number of piperazine rings is 1. The standard InChI is InChI=1S/C13H13FN4O2/c14-10-3-1-2-4-12(10)17-5-7-18(8-6-17)13(19)11-9-15-20-16-11/h1-4,9H,5-8H2. The van der Waals surface area contributed by atoms with Crippen molar-refractivity contribution < 1.29 is 13.8 Å². The molecular formula is C13H13FN4O2. The molecule has 2 heterocycles. The number of aromatic nitrogens is 2. The van der Waals surface area contributed by atoms with Crippen molar-refractivity contribution in [2.45, 2.75) is 0 Å². The SMILES string of the molecule is O=C(c1cnon1)N1CCN(c2ccccc2F)CC1. The van der Waals surface area contributed by atoms with Gasteiger partial charge in [-0.25, -0.2) is 9.02 Å². The molecule has 0 bridgehead atoms. The number of halogens is 1. The van der Waals surface area contributed by atoms with E-state index in [2.05, 4.69) is 14.9 Å². The van der Waals surface area contributed by atoms with Crippen LogP contribution in [0.25, 0.3) is 0 Å². The Labute approximate surface area is 114 Å². The molecule has 1 saturated heterocycles. The van der Waals surface area contributed by atoms with E-state index >= 15 is 0 Å². The van der Waals surface area contributed by atoms with E-state index in [-0.39, 0.29) is 17.4 Å². The van der Waals surface area contributed by atoms with Crippen molar-refractivity contribution in [1.82, 2.24) is 15.2 Å². The van der Waals surface area contributed by atoms with Crippen LogP contribution in [-0.2, 0) is 0 Å². The molecule has 0 saturated carbocycles. The molecule has 0 radical (unpaired) electrons. The van der Waals surface area contributed by atoms with Crippen molar-refractivity contribution in [2.75, 3.05) is 31.1 Å². The first-order chi connectivity index (χ1) is 9.75. The van der Waals surface area contributed by atoms with Crippen LogP contribution in [0.4, 0.5) is 10.1 Å². The third-order valence-corrected chi connectivity index (χ3v) is 3.34. The van der Waals surface area contributed by atoms with Crippen molar-refractivity contribution in [1.29, 1.82) is 0 Å². The van der Waals surface area contributed by atoms with Crippen LogP contribution in [0.5, 0.6) is 0 Å². The highest BCUT2D eigenvalue weighted by Gasteiger charge is 2.25. The van der Waals surface area contributed by atoms with Crippen LogP contribution in [0.3, 0.4) is 0 Å². The van der Waals surface area contributed by atoms with E-state index in [9.17, 15) is 9.18 Å². The average molecular weight is 276 g/mol. The minimum atomic E-state index is -0.243. The van der Waals surface area contributed by atoms with Crippen molar-refractivity contribution in [3.63, 3.8) is 0 Å². The van der Waals surface area contributed by atoms with Gasteiger partial charge in [0.05, 0.1) is 5.69 Å².